The molecule has 19 heavy (non-hydrogen) atoms. The van der Waals surface area contributed by atoms with E-state index in [1.807, 2.05) is 0 Å². The Morgan fingerprint density at radius 2 is 1.95 bits per heavy atom. The lowest BCUT2D eigenvalue weighted by atomic mass is 9.88. The largest absolute Gasteiger partial charge is 0.481 e. The van der Waals surface area contributed by atoms with Gasteiger partial charge in [-0.25, -0.2) is 4.79 Å². The van der Waals surface area contributed by atoms with Crippen molar-refractivity contribution in [1.82, 2.24) is 10.6 Å². The minimum atomic E-state index is -0.954. The smallest absolute Gasteiger partial charge is 0.314 e. The van der Waals surface area contributed by atoms with Gasteiger partial charge in [-0.1, -0.05) is 6.92 Å². The molecule has 7 nitrogen and oxygen atoms in total. The predicted molar refractivity (Wildman–Crippen MR) is 70.1 cm³/mol. The van der Waals surface area contributed by atoms with E-state index in [-0.39, 0.29) is 12.6 Å². The van der Waals surface area contributed by atoms with Crippen LogP contribution in [0, 0.1) is 5.41 Å². The van der Waals surface area contributed by atoms with Crippen molar-refractivity contribution in [2.45, 2.75) is 26.4 Å². The second kappa shape index (κ2) is 8.71. The van der Waals surface area contributed by atoms with Crippen LogP contribution in [0.25, 0.3) is 0 Å². The summed E-state index contributed by atoms with van der Waals surface area (Å²) in [4.78, 5) is 22.6. The maximum atomic E-state index is 11.5. The zero-order chi connectivity index (χ0) is 14.9. The van der Waals surface area contributed by atoms with E-state index in [4.69, 9.17) is 14.6 Å². The van der Waals surface area contributed by atoms with Crippen LogP contribution in [0.2, 0.25) is 0 Å². The number of amides is 2. The Labute approximate surface area is 113 Å². The third kappa shape index (κ3) is 6.40. The highest BCUT2D eigenvalue weighted by molar-refractivity contribution is 5.77. The Hall–Kier alpha value is -1.34. The maximum Gasteiger partial charge on any atom is 0.314 e. The van der Waals surface area contributed by atoms with Crippen LogP contribution in [0.4, 0.5) is 4.79 Å². The number of rotatable bonds is 9. The number of hydrogen-bond donors (Lipinski definition) is 3. The number of hydrogen-bond acceptors (Lipinski definition) is 4. The average Bonchev–Trinajstić information content (AvgIpc) is 2.40. The molecule has 0 spiro atoms. The van der Waals surface area contributed by atoms with Gasteiger partial charge in [0.25, 0.3) is 0 Å². The van der Waals surface area contributed by atoms with E-state index in [9.17, 15) is 9.59 Å². The molecule has 0 aromatic carbocycles. The topological polar surface area (TPSA) is 96.9 Å². The third-order valence-electron chi connectivity index (χ3n) is 3.11. The van der Waals surface area contributed by atoms with Gasteiger partial charge in [-0.05, 0) is 13.3 Å². The molecule has 2 unspecified atom stereocenters. The fraction of sp³-hybridized carbons (Fsp3) is 0.833. The summed E-state index contributed by atoms with van der Waals surface area (Å²) in [7, 11) is 3.08. The van der Waals surface area contributed by atoms with Gasteiger partial charge in [0.15, 0.2) is 0 Å². The van der Waals surface area contributed by atoms with Crippen LogP contribution in [-0.4, -0.2) is 57.1 Å². The Morgan fingerprint density at radius 1 is 1.32 bits per heavy atom. The zero-order valence-electron chi connectivity index (χ0n) is 12.0. The molecular weight excluding hydrogens is 252 g/mol. The van der Waals surface area contributed by atoms with Gasteiger partial charge < -0.3 is 25.2 Å². The van der Waals surface area contributed by atoms with Gasteiger partial charge in [0.05, 0.1) is 18.1 Å². The summed E-state index contributed by atoms with van der Waals surface area (Å²) in [6.07, 6.45) is 0.209. The Morgan fingerprint density at radius 3 is 2.37 bits per heavy atom. The van der Waals surface area contributed by atoms with Gasteiger partial charge in [0.2, 0.25) is 0 Å². The number of carbonyl (C=O) groups is 2. The second-order valence-corrected chi connectivity index (χ2v) is 4.60. The SMILES string of the molecule is CCC(C)(CNC(=O)NCC(COC)OC)C(=O)O. The number of nitrogens with one attached hydrogen (secondary N) is 2. The minimum Gasteiger partial charge on any atom is -0.481 e. The van der Waals surface area contributed by atoms with E-state index in [0.717, 1.165) is 0 Å². The molecule has 112 valence electrons. The quantitative estimate of drug-likeness (QED) is 0.568. The van der Waals surface area contributed by atoms with Crippen LogP contribution < -0.4 is 10.6 Å². The normalized spacial score (nSPS) is 15.4. The van der Waals surface area contributed by atoms with Crippen LogP contribution >= 0.6 is 0 Å². The summed E-state index contributed by atoms with van der Waals surface area (Å²) in [5.74, 6) is -0.926. The van der Waals surface area contributed by atoms with Crippen molar-refractivity contribution in [3.05, 3.63) is 0 Å². The first-order valence-electron chi connectivity index (χ1n) is 6.16. The van der Waals surface area contributed by atoms with E-state index in [0.29, 0.717) is 19.6 Å². The van der Waals surface area contributed by atoms with Crippen molar-refractivity contribution >= 4 is 12.0 Å². The maximum absolute atomic E-state index is 11.5. The number of carboxylic acids is 1. The monoisotopic (exact) mass is 276 g/mol. The van der Waals surface area contributed by atoms with Crippen molar-refractivity contribution < 1.29 is 24.2 Å². The van der Waals surface area contributed by atoms with Gasteiger partial charge >= 0.3 is 12.0 Å². The van der Waals surface area contributed by atoms with E-state index < -0.39 is 17.4 Å². The Balaban J connectivity index is 4.08. The van der Waals surface area contributed by atoms with Crippen LogP contribution in [0.1, 0.15) is 20.3 Å². The lowest BCUT2D eigenvalue weighted by molar-refractivity contribution is -0.147. The second-order valence-electron chi connectivity index (χ2n) is 4.60. The molecule has 0 rings (SSSR count). The summed E-state index contributed by atoms with van der Waals surface area (Å²) < 4.78 is 10.0. The number of aliphatic carboxylic acids is 1. The van der Waals surface area contributed by atoms with Gasteiger partial charge in [0.1, 0.15) is 0 Å². The molecule has 2 amide bonds. The summed E-state index contributed by atoms with van der Waals surface area (Å²) in [5.41, 5.74) is -0.954. The fourth-order valence-electron chi connectivity index (χ4n) is 1.29. The summed E-state index contributed by atoms with van der Waals surface area (Å²) in [5, 5.41) is 14.2. The molecule has 3 N–H and O–H groups in total. The van der Waals surface area contributed by atoms with Crippen molar-refractivity contribution in [2.75, 3.05) is 33.9 Å². The molecule has 0 aliphatic carbocycles. The van der Waals surface area contributed by atoms with Crippen molar-refractivity contribution in [2.24, 2.45) is 5.41 Å². The molecule has 0 bridgehead atoms. The van der Waals surface area contributed by atoms with Crippen molar-refractivity contribution in [3.8, 4) is 0 Å². The fourth-order valence-corrected chi connectivity index (χ4v) is 1.29. The first-order chi connectivity index (χ1) is 8.89. The molecule has 0 fully saturated rings. The Bertz CT molecular complexity index is 298. The van der Waals surface area contributed by atoms with E-state index in [1.54, 1.807) is 21.0 Å². The molecule has 0 aliphatic rings. The minimum absolute atomic E-state index is 0.0760. The van der Waals surface area contributed by atoms with Gasteiger partial charge in [-0.2, -0.15) is 0 Å². The first-order valence-corrected chi connectivity index (χ1v) is 6.16. The van der Waals surface area contributed by atoms with Crippen LogP contribution in [0.15, 0.2) is 0 Å². The molecule has 2 atom stereocenters. The number of carboxylic acid groups (broad SMARTS) is 1. The molecule has 7 heteroatoms. The summed E-state index contributed by atoms with van der Waals surface area (Å²) in [6, 6.07) is -0.418. The predicted octanol–water partition coefficient (Wildman–Crippen LogP) is 0.448. The summed E-state index contributed by atoms with van der Waals surface area (Å²) in [6.45, 7) is 4.11. The van der Waals surface area contributed by atoms with E-state index in [1.165, 1.54) is 7.11 Å². The molecular formula is C12H24N2O5. The molecule has 0 radical (unpaired) electrons. The number of methoxy groups -OCH3 is 2. The van der Waals surface area contributed by atoms with Crippen LogP contribution in [-0.2, 0) is 14.3 Å². The van der Waals surface area contributed by atoms with E-state index in [2.05, 4.69) is 10.6 Å². The molecule has 0 aromatic heterocycles. The van der Waals surface area contributed by atoms with Gasteiger partial charge in [-0.15, -0.1) is 0 Å². The van der Waals surface area contributed by atoms with Crippen LogP contribution in [0.3, 0.4) is 0 Å². The average molecular weight is 276 g/mol. The van der Waals surface area contributed by atoms with Crippen molar-refractivity contribution in [3.63, 3.8) is 0 Å². The molecule has 0 heterocycles. The standard InChI is InChI=1S/C12H24N2O5/c1-5-12(2,10(15)16)8-14-11(17)13-6-9(19-4)7-18-3/h9H,5-8H2,1-4H3,(H,15,16)(H2,13,14,17). The molecule has 0 saturated carbocycles. The highest BCUT2D eigenvalue weighted by Crippen LogP contribution is 2.19. The van der Waals surface area contributed by atoms with Crippen molar-refractivity contribution in [1.29, 1.82) is 0 Å². The van der Waals surface area contributed by atoms with Gasteiger partial charge in [0, 0.05) is 27.3 Å². The lowest BCUT2D eigenvalue weighted by Gasteiger charge is -2.23. The number of urea groups is 1. The first kappa shape index (κ1) is 17.7. The highest BCUT2D eigenvalue weighted by atomic mass is 16.5. The third-order valence-corrected chi connectivity index (χ3v) is 3.11. The number of carbonyl (C=O) groups excluding carboxylic acids is 1. The molecule has 0 saturated heterocycles. The zero-order valence-corrected chi connectivity index (χ0v) is 12.0. The molecule has 0 aromatic rings. The number of ether oxygens (including phenoxy) is 2. The Kier molecular flexibility index (Phi) is 8.09. The molecule has 0 aliphatic heterocycles. The van der Waals surface area contributed by atoms with E-state index >= 15 is 0 Å². The summed E-state index contributed by atoms with van der Waals surface area (Å²) >= 11 is 0. The highest BCUT2D eigenvalue weighted by Gasteiger charge is 2.31. The van der Waals surface area contributed by atoms with Crippen LogP contribution in [0.5, 0.6) is 0 Å². The van der Waals surface area contributed by atoms with Gasteiger partial charge in [-0.3, -0.25) is 4.79 Å². The lowest BCUT2D eigenvalue weighted by Crippen LogP contribution is -2.46.